The Labute approximate surface area is 124 Å². The normalized spacial score (nSPS) is 15.4. The standard InChI is InChI=1S/C15H20N6/c1-11-8-14(17-10-16-11)20-4-6-21(7-5-20)15-9-12(2)18-13(3)19-15/h8-10H,4-7H2,1-3H3. The Balaban J connectivity index is 1.70. The Hall–Kier alpha value is -2.24. The zero-order valence-electron chi connectivity index (χ0n) is 12.7. The number of anilines is 2. The van der Waals surface area contributed by atoms with E-state index in [-0.39, 0.29) is 0 Å². The quantitative estimate of drug-likeness (QED) is 0.833. The average molecular weight is 284 g/mol. The lowest BCUT2D eigenvalue weighted by atomic mass is 10.3. The smallest absolute Gasteiger partial charge is 0.132 e. The number of hydrogen-bond acceptors (Lipinski definition) is 6. The van der Waals surface area contributed by atoms with E-state index in [9.17, 15) is 0 Å². The molecule has 0 atom stereocenters. The second-order valence-electron chi connectivity index (χ2n) is 5.41. The van der Waals surface area contributed by atoms with E-state index in [0.29, 0.717) is 0 Å². The SMILES string of the molecule is Cc1cc(N2CCN(c3cc(C)nc(C)n3)CC2)ncn1. The van der Waals surface area contributed by atoms with E-state index in [2.05, 4.69) is 35.8 Å². The zero-order valence-corrected chi connectivity index (χ0v) is 12.7. The molecule has 110 valence electrons. The lowest BCUT2D eigenvalue weighted by Crippen LogP contribution is -2.47. The first-order chi connectivity index (χ1) is 10.1. The van der Waals surface area contributed by atoms with Crippen LogP contribution in [0.2, 0.25) is 0 Å². The van der Waals surface area contributed by atoms with Crippen molar-refractivity contribution in [2.75, 3.05) is 36.0 Å². The van der Waals surface area contributed by atoms with Gasteiger partial charge in [0.25, 0.3) is 0 Å². The van der Waals surface area contributed by atoms with Gasteiger partial charge in [-0.15, -0.1) is 0 Å². The Kier molecular flexibility index (Phi) is 3.68. The highest BCUT2D eigenvalue weighted by atomic mass is 15.3. The molecule has 2 aromatic rings. The van der Waals surface area contributed by atoms with Crippen LogP contribution in [0.3, 0.4) is 0 Å². The second-order valence-corrected chi connectivity index (χ2v) is 5.41. The molecule has 0 radical (unpaired) electrons. The van der Waals surface area contributed by atoms with Gasteiger partial charge in [-0.2, -0.15) is 0 Å². The second kappa shape index (κ2) is 5.63. The lowest BCUT2D eigenvalue weighted by Gasteiger charge is -2.36. The van der Waals surface area contributed by atoms with Gasteiger partial charge in [0.05, 0.1) is 0 Å². The maximum Gasteiger partial charge on any atom is 0.132 e. The molecule has 0 unspecified atom stereocenters. The monoisotopic (exact) mass is 284 g/mol. The Morgan fingerprint density at radius 3 is 2.00 bits per heavy atom. The molecular formula is C15H20N6. The first kappa shape index (κ1) is 13.7. The van der Waals surface area contributed by atoms with Gasteiger partial charge in [0, 0.05) is 49.7 Å². The molecule has 0 spiro atoms. The molecule has 0 amide bonds. The predicted molar refractivity (Wildman–Crippen MR) is 82.7 cm³/mol. The van der Waals surface area contributed by atoms with Crippen LogP contribution in [0, 0.1) is 20.8 Å². The van der Waals surface area contributed by atoms with Crippen LogP contribution in [0.5, 0.6) is 0 Å². The van der Waals surface area contributed by atoms with Crippen LogP contribution in [0.1, 0.15) is 17.2 Å². The fraction of sp³-hybridized carbons (Fsp3) is 0.467. The third-order valence-electron chi connectivity index (χ3n) is 3.67. The van der Waals surface area contributed by atoms with Gasteiger partial charge in [-0.05, 0) is 20.8 Å². The third-order valence-corrected chi connectivity index (χ3v) is 3.67. The van der Waals surface area contributed by atoms with Crippen molar-refractivity contribution in [2.24, 2.45) is 0 Å². The Morgan fingerprint density at radius 1 is 0.762 bits per heavy atom. The van der Waals surface area contributed by atoms with Gasteiger partial charge in [-0.3, -0.25) is 0 Å². The molecule has 1 aliphatic rings. The van der Waals surface area contributed by atoms with Crippen LogP contribution in [0.25, 0.3) is 0 Å². The average Bonchev–Trinajstić information content (AvgIpc) is 2.46. The van der Waals surface area contributed by atoms with E-state index in [4.69, 9.17) is 0 Å². The number of piperazine rings is 1. The number of rotatable bonds is 2. The highest BCUT2D eigenvalue weighted by molar-refractivity contribution is 5.45. The number of aryl methyl sites for hydroxylation is 3. The van der Waals surface area contributed by atoms with E-state index in [1.807, 2.05) is 26.8 Å². The summed E-state index contributed by atoms with van der Waals surface area (Å²) in [5.41, 5.74) is 2.02. The van der Waals surface area contributed by atoms with E-state index in [0.717, 1.165) is 55.0 Å². The highest BCUT2D eigenvalue weighted by Crippen LogP contribution is 2.18. The summed E-state index contributed by atoms with van der Waals surface area (Å²) < 4.78 is 0. The minimum absolute atomic E-state index is 0.832. The van der Waals surface area contributed by atoms with E-state index in [1.54, 1.807) is 6.33 Å². The first-order valence-electron chi connectivity index (χ1n) is 7.22. The molecule has 0 N–H and O–H groups in total. The molecule has 21 heavy (non-hydrogen) atoms. The van der Waals surface area contributed by atoms with Crippen molar-refractivity contribution >= 4 is 11.6 Å². The molecule has 6 heteroatoms. The van der Waals surface area contributed by atoms with Gasteiger partial charge in [0.15, 0.2) is 0 Å². The van der Waals surface area contributed by atoms with Crippen molar-refractivity contribution in [3.63, 3.8) is 0 Å². The molecule has 1 saturated heterocycles. The van der Waals surface area contributed by atoms with Crippen molar-refractivity contribution < 1.29 is 0 Å². The van der Waals surface area contributed by atoms with Crippen molar-refractivity contribution in [1.29, 1.82) is 0 Å². The zero-order chi connectivity index (χ0) is 14.8. The van der Waals surface area contributed by atoms with Gasteiger partial charge in [0.2, 0.25) is 0 Å². The molecule has 0 saturated carbocycles. The summed E-state index contributed by atoms with van der Waals surface area (Å²) in [6.07, 6.45) is 1.63. The molecule has 2 aromatic heterocycles. The van der Waals surface area contributed by atoms with Crippen LogP contribution in [-0.4, -0.2) is 46.1 Å². The van der Waals surface area contributed by atoms with Crippen molar-refractivity contribution in [3.8, 4) is 0 Å². The van der Waals surface area contributed by atoms with Gasteiger partial charge < -0.3 is 9.80 Å². The third kappa shape index (κ3) is 3.09. The van der Waals surface area contributed by atoms with Crippen molar-refractivity contribution in [1.82, 2.24) is 19.9 Å². The molecule has 1 aliphatic heterocycles. The van der Waals surface area contributed by atoms with Gasteiger partial charge in [-0.1, -0.05) is 0 Å². The topological polar surface area (TPSA) is 58.0 Å². The molecule has 1 fully saturated rings. The predicted octanol–water partition coefficient (Wildman–Crippen LogP) is 1.52. The lowest BCUT2D eigenvalue weighted by molar-refractivity contribution is 0.638. The van der Waals surface area contributed by atoms with Crippen LogP contribution in [0.4, 0.5) is 11.6 Å². The molecule has 6 nitrogen and oxygen atoms in total. The van der Waals surface area contributed by atoms with Crippen LogP contribution in [0.15, 0.2) is 18.5 Å². The fourth-order valence-corrected chi connectivity index (χ4v) is 2.64. The first-order valence-corrected chi connectivity index (χ1v) is 7.22. The highest BCUT2D eigenvalue weighted by Gasteiger charge is 2.19. The Morgan fingerprint density at radius 2 is 1.38 bits per heavy atom. The Bertz CT molecular complexity index is 614. The summed E-state index contributed by atoms with van der Waals surface area (Å²) in [6, 6.07) is 4.09. The van der Waals surface area contributed by atoms with Crippen LogP contribution >= 0.6 is 0 Å². The maximum atomic E-state index is 4.54. The number of hydrogen-bond donors (Lipinski definition) is 0. The summed E-state index contributed by atoms with van der Waals surface area (Å²) in [4.78, 5) is 22.0. The largest absolute Gasteiger partial charge is 0.353 e. The fourth-order valence-electron chi connectivity index (χ4n) is 2.64. The summed E-state index contributed by atoms with van der Waals surface area (Å²) in [5, 5.41) is 0. The number of nitrogens with zero attached hydrogens (tertiary/aromatic N) is 6. The van der Waals surface area contributed by atoms with E-state index in [1.165, 1.54) is 0 Å². The van der Waals surface area contributed by atoms with E-state index >= 15 is 0 Å². The molecule has 3 heterocycles. The molecule has 0 bridgehead atoms. The van der Waals surface area contributed by atoms with Crippen molar-refractivity contribution in [2.45, 2.75) is 20.8 Å². The molecular weight excluding hydrogens is 264 g/mol. The van der Waals surface area contributed by atoms with Gasteiger partial charge >= 0.3 is 0 Å². The number of aromatic nitrogens is 4. The molecule has 3 rings (SSSR count). The van der Waals surface area contributed by atoms with Gasteiger partial charge in [0.1, 0.15) is 23.8 Å². The summed E-state index contributed by atoms with van der Waals surface area (Å²) in [7, 11) is 0. The minimum atomic E-state index is 0.832. The van der Waals surface area contributed by atoms with Gasteiger partial charge in [-0.25, -0.2) is 19.9 Å². The summed E-state index contributed by atoms with van der Waals surface area (Å²) in [6.45, 7) is 9.72. The van der Waals surface area contributed by atoms with Crippen LogP contribution in [-0.2, 0) is 0 Å². The van der Waals surface area contributed by atoms with Crippen molar-refractivity contribution in [3.05, 3.63) is 35.7 Å². The van der Waals surface area contributed by atoms with E-state index < -0.39 is 0 Å². The maximum absolute atomic E-state index is 4.54. The van der Waals surface area contributed by atoms with Crippen LogP contribution < -0.4 is 9.80 Å². The molecule has 0 aliphatic carbocycles. The molecule has 0 aromatic carbocycles. The summed E-state index contributed by atoms with van der Waals surface area (Å²) in [5.74, 6) is 2.87. The summed E-state index contributed by atoms with van der Waals surface area (Å²) >= 11 is 0. The minimum Gasteiger partial charge on any atom is -0.353 e.